The van der Waals surface area contributed by atoms with E-state index in [1.54, 1.807) is 11.3 Å². The maximum atomic E-state index is 12.6. The maximum Gasteiger partial charge on any atom is 0.251 e. The van der Waals surface area contributed by atoms with Crippen molar-refractivity contribution in [2.45, 2.75) is 39.4 Å². The van der Waals surface area contributed by atoms with Gasteiger partial charge in [-0.2, -0.15) is 0 Å². The molecule has 0 saturated carbocycles. The molecule has 5 nitrogen and oxygen atoms in total. The standard InChI is InChI=1S/C27H30N2O3S/c1-19-12-15-33-26(19)16-20(2)27(30)29-22-5-3-4-21(17-22)18-31-23-6-8-24(9-7-23)32-25-10-13-28-14-11-25/h3-9,12,15-17,25,28H,10-11,13-14,18H2,1-2H3,(H,29,30)/b20-16+. The lowest BCUT2D eigenvalue weighted by atomic mass is 10.1. The zero-order chi connectivity index (χ0) is 23.0. The zero-order valence-corrected chi connectivity index (χ0v) is 19.9. The van der Waals surface area contributed by atoms with E-state index in [0.717, 1.165) is 53.6 Å². The highest BCUT2D eigenvalue weighted by molar-refractivity contribution is 7.11. The Balaban J connectivity index is 1.30. The summed E-state index contributed by atoms with van der Waals surface area (Å²) in [6, 6.07) is 17.6. The largest absolute Gasteiger partial charge is 0.490 e. The number of carbonyl (C=O) groups is 1. The number of rotatable bonds is 8. The second-order valence-electron chi connectivity index (χ2n) is 8.28. The van der Waals surface area contributed by atoms with Crippen LogP contribution in [0, 0.1) is 6.92 Å². The molecule has 2 aromatic carbocycles. The average molecular weight is 463 g/mol. The molecule has 1 aromatic heterocycles. The van der Waals surface area contributed by atoms with E-state index in [2.05, 4.69) is 16.7 Å². The molecule has 0 bridgehead atoms. The van der Waals surface area contributed by atoms with Crippen molar-refractivity contribution in [3.05, 3.63) is 81.6 Å². The van der Waals surface area contributed by atoms with Crippen LogP contribution in [0.3, 0.4) is 0 Å². The first-order valence-electron chi connectivity index (χ1n) is 11.3. The number of carbonyl (C=O) groups excluding carboxylic acids is 1. The molecule has 1 aliphatic rings. The van der Waals surface area contributed by atoms with Gasteiger partial charge in [0.25, 0.3) is 5.91 Å². The number of anilines is 1. The summed E-state index contributed by atoms with van der Waals surface area (Å²) in [5, 5.41) is 8.36. The molecule has 0 spiro atoms. The molecule has 0 aliphatic carbocycles. The Morgan fingerprint density at radius 1 is 1.12 bits per heavy atom. The van der Waals surface area contributed by atoms with E-state index in [4.69, 9.17) is 9.47 Å². The maximum absolute atomic E-state index is 12.6. The first-order chi connectivity index (χ1) is 16.1. The topological polar surface area (TPSA) is 59.6 Å². The number of nitrogens with one attached hydrogen (secondary N) is 2. The second-order valence-corrected chi connectivity index (χ2v) is 9.22. The summed E-state index contributed by atoms with van der Waals surface area (Å²) in [6.45, 7) is 6.32. The van der Waals surface area contributed by atoms with Crippen molar-refractivity contribution in [3.8, 4) is 11.5 Å². The lowest BCUT2D eigenvalue weighted by Gasteiger charge is -2.23. The van der Waals surface area contributed by atoms with Gasteiger partial charge in [0.2, 0.25) is 0 Å². The third-order valence-corrected chi connectivity index (χ3v) is 6.58. The molecule has 0 atom stereocenters. The number of hydrogen-bond donors (Lipinski definition) is 2. The normalized spacial score (nSPS) is 14.7. The summed E-state index contributed by atoms with van der Waals surface area (Å²) in [4.78, 5) is 13.7. The molecule has 2 heterocycles. The highest BCUT2D eigenvalue weighted by atomic mass is 32.1. The molecule has 1 amide bonds. The molecule has 3 aromatic rings. The summed E-state index contributed by atoms with van der Waals surface area (Å²) < 4.78 is 12.0. The predicted octanol–water partition coefficient (Wildman–Crippen LogP) is 5.81. The van der Waals surface area contributed by atoms with Crippen molar-refractivity contribution in [2.75, 3.05) is 18.4 Å². The number of ether oxygens (including phenoxy) is 2. The van der Waals surface area contributed by atoms with E-state index in [1.807, 2.05) is 73.8 Å². The van der Waals surface area contributed by atoms with Crippen molar-refractivity contribution in [1.82, 2.24) is 5.32 Å². The quantitative estimate of drug-likeness (QED) is 0.415. The van der Waals surface area contributed by atoms with Crippen molar-refractivity contribution in [3.63, 3.8) is 0 Å². The van der Waals surface area contributed by atoms with Gasteiger partial charge in [-0.1, -0.05) is 12.1 Å². The fourth-order valence-electron chi connectivity index (χ4n) is 3.65. The fourth-order valence-corrected chi connectivity index (χ4v) is 4.57. The minimum atomic E-state index is -0.106. The van der Waals surface area contributed by atoms with E-state index in [0.29, 0.717) is 12.2 Å². The Morgan fingerprint density at radius 2 is 1.88 bits per heavy atom. The number of aryl methyl sites for hydroxylation is 1. The van der Waals surface area contributed by atoms with Gasteiger partial charge in [-0.3, -0.25) is 4.79 Å². The lowest BCUT2D eigenvalue weighted by molar-refractivity contribution is -0.112. The SMILES string of the molecule is C/C(=C\c1sccc1C)C(=O)Nc1cccc(COc2ccc(OC3CCNCC3)cc2)c1. The van der Waals surface area contributed by atoms with Crippen LogP contribution in [0.4, 0.5) is 5.69 Å². The summed E-state index contributed by atoms with van der Waals surface area (Å²) in [5.74, 6) is 1.55. The van der Waals surface area contributed by atoms with Gasteiger partial charge in [-0.05, 0) is 105 Å². The van der Waals surface area contributed by atoms with Crippen LogP contribution in [-0.4, -0.2) is 25.1 Å². The molecule has 1 saturated heterocycles. The Morgan fingerprint density at radius 3 is 2.61 bits per heavy atom. The van der Waals surface area contributed by atoms with Gasteiger partial charge in [0.1, 0.15) is 24.2 Å². The highest BCUT2D eigenvalue weighted by Crippen LogP contribution is 2.23. The monoisotopic (exact) mass is 462 g/mol. The number of amides is 1. The molecular weight excluding hydrogens is 432 g/mol. The van der Waals surface area contributed by atoms with E-state index in [1.165, 1.54) is 5.56 Å². The van der Waals surface area contributed by atoms with Gasteiger partial charge < -0.3 is 20.1 Å². The van der Waals surface area contributed by atoms with Crippen LogP contribution in [0.25, 0.3) is 6.08 Å². The summed E-state index contributed by atoms with van der Waals surface area (Å²) in [6.07, 6.45) is 4.28. The summed E-state index contributed by atoms with van der Waals surface area (Å²) in [7, 11) is 0. The van der Waals surface area contributed by atoms with Crippen molar-refractivity contribution < 1.29 is 14.3 Å². The predicted molar refractivity (Wildman–Crippen MR) is 135 cm³/mol. The van der Waals surface area contributed by atoms with E-state index < -0.39 is 0 Å². The molecular formula is C27H30N2O3S. The molecule has 2 N–H and O–H groups in total. The average Bonchev–Trinajstić information content (AvgIpc) is 3.23. The third-order valence-electron chi connectivity index (χ3n) is 5.61. The van der Waals surface area contributed by atoms with E-state index in [9.17, 15) is 4.79 Å². The lowest BCUT2D eigenvalue weighted by Crippen LogP contribution is -2.34. The summed E-state index contributed by atoms with van der Waals surface area (Å²) in [5.41, 5.74) is 3.59. The van der Waals surface area contributed by atoms with Crippen LogP contribution < -0.4 is 20.1 Å². The van der Waals surface area contributed by atoms with Gasteiger partial charge in [-0.15, -0.1) is 11.3 Å². The van der Waals surface area contributed by atoms with Crippen LogP contribution in [0.2, 0.25) is 0 Å². The van der Waals surface area contributed by atoms with Crippen LogP contribution >= 0.6 is 11.3 Å². The Bertz CT molecular complexity index is 1100. The van der Waals surface area contributed by atoms with Gasteiger partial charge in [0.15, 0.2) is 0 Å². The van der Waals surface area contributed by atoms with E-state index >= 15 is 0 Å². The van der Waals surface area contributed by atoms with Gasteiger partial charge in [0, 0.05) is 16.1 Å². The van der Waals surface area contributed by atoms with Crippen LogP contribution in [0.5, 0.6) is 11.5 Å². The minimum absolute atomic E-state index is 0.106. The minimum Gasteiger partial charge on any atom is -0.490 e. The van der Waals surface area contributed by atoms with E-state index in [-0.39, 0.29) is 12.0 Å². The Labute approximate surface area is 199 Å². The van der Waals surface area contributed by atoms with Crippen molar-refractivity contribution >= 4 is 29.0 Å². The molecule has 1 fully saturated rings. The highest BCUT2D eigenvalue weighted by Gasteiger charge is 2.14. The van der Waals surface area contributed by atoms with Gasteiger partial charge in [-0.25, -0.2) is 0 Å². The molecule has 1 aliphatic heterocycles. The smallest absolute Gasteiger partial charge is 0.251 e. The van der Waals surface area contributed by atoms with Gasteiger partial charge >= 0.3 is 0 Å². The molecule has 6 heteroatoms. The molecule has 0 unspecified atom stereocenters. The van der Waals surface area contributed by atoms with Crippen LogP contribution in [-0.2, 0) is 11.4 Å². The Kier molecular flexibility index (Phi) is 7.81. The first-order valence-corrected chi connectivity index (χ1v) is 12.2. The number of thiophene rings is 1. The number of hydrogen-bond acceptors (Lipinski definition) is 5. The molecule has 172 valence electrons. The fraction of sp³-hybridized carbons (Fsp3) is 0.296. The second kappa shape index (κ2) is 11.2. The molecule has 4 rings (SSSR count). The molecule has 33 heavy (non-hydrogen) atoms. The number of benzene rings is 2. The third kappa shape index (κ3) is 6.70. The first kappa shape index (κ1) is 23.1. The van der Waals surface area contributed by atoms with Gasteiger partial charge in [0.05, 0.1) is 0 Å². The van der Waals surface area contributed by atoms with Crippen LogP contribution in [0.1, 0.15) is 35.8 Å². The summed E-state index contributed by atoms with van der Waals surface area (Å²) >= 11 is 1.63. The molecule has 0 radical (unpaired) electrons. The number of piperidine rings is 1. The van der Waals surface area contributed by atoms with Crippen molar-refractivity contribution in [2.24, 2.45) is 0 Å². The van der Waals surface area contributed by atoms with Crippen molar-refractivity contribution in [1.29, 1.82) is 0 Å². The zero-order valence-electron chi connectivity index (χ0n) is 19.1. The Hall–Kier alpha value is -3.09. The van der Waals surface area contributed by atoms with Crippen LogP contribution in [0.15, 0.2) is 65.6 Å².